The Balaban J connectivity index is 0.000000159. The number of carbonyl (C=O) groups excluding carboxylic acids is 9. The average Bonchev–Trinajstić information content (AvgIpc) is 1.54. The molecule has 0 spiro atoms. The molecule has 0 saturated carbocycles. The molecule has 3 aromatic heterocycles. The molecule has 149 heavy (non-hydrogen) atoms. The molecule has 0 bridgehead atoms. The minimum Gasteiger partial charge on any atom is -0.468 e. The van der Waals surface area contributed by atoms with Crippen molar-refractivity contribution in [2.24, 2.45) is 15.0 Å². The van der Waals surface area contributed by atoms with Crippen LogP contribution < -0.4 is 30.7 Å². The lowest BCUT2D eigenvalue weighted by Crippen LogP contribution is -2.61. The van der Waals surface area contributed by atoms with Crippen molar-refractivity contribution in [3.05, 3.63) is 277 Å². The number of nitrogens with zero attached hydrogens (tertiary/aromatic N) is 15. The maximum absolute atomic E-state index is 14.1. The van der Waals surface area contributed by atoms with Crippen LogP contribution in [0.4, 0.5) is 44.6 Å². The first-order valence-corrected chi connectivity index (χ1v) is 51.4. The topological polar surface area (TPSA) is 378 Å². The largest absolute Gasteiger partial charge is 0.468 e. The van der Waals surface area contributed by atoms with Crippen molar-refractivity contribution < 1.29 is 99.0 Å². The number of amidine groups is 3. The molecule has 6 amide bonds. The molecule has 9 aliphatic rings. The van der Waals surface area contributed by atoms with Gasteiger partial charge in [0.25, 0.3) is 6.47 Å². The van der Waals surface area contributed by atoms with E-state index in [1.807, 2.05) is 104 Å². The zero-order chi connectivity index (χ0) is 106. The van der Waals surface area contributed by atoms with Crippen LogP contribution in [0.25, 0.3) is 0 Å². The number of anilines is 3. The summed E-state index contributed by atoms with van der Waals surface area (Å²) in [5.74, 6) is -2.74. The third-order valence-electron chi connectivity index (χ3n) is 28.1. The second-order valence-corrected chi connectivity index (χ2v) is 41.6. The van der Waals surface area contributed by atoms with Crippen LogP contribution in [-0.4, -0.2) is 308 Å². The van der Waals surface area contributed by atoms with E-state index in [2.05, 4.69) is 45.6 Å². The van der Waals surface area contributed by atoms with Gasteiger partial charge in [-0.05, 0) is 131 Å². The summed E-state index contributed by atoms with van der Waals surface area (Å²) < 4.78 is 90.4. The van der Waals surface area contributed by atoms with E-state index < -0.39 is 69.9 Å². The number of aromatic nitrogens is 3. The molecule has 6 saturated heterocycles. The Morgan fingerprint density at radius 3 is 0.926 bits per heavy atom. The second kappa shape index (κ2) is 46.6. The molecule has 0 aliphatic carbocycles. The zero-order valence-corrected chi connectivity index (χ0v) is 88.7. The van der Waals surface area contributed by atoms with Crippen LogP contribution in [0.1, 0.15) is 108 Å². The standard InChI is InChI=1S/2C35H38ClFN6O6S.C34H36ClFN6O6S/c2*1-35(2,33(45)49-5)20-6-9-22(10-7-20)43-18-26-27(19-47-3)41(13-14-42(26)34(43)46)17-25-28(32(44)48-4)29(23-11-8-21(37)16-24(23)36)40-30(39-25)31-38-12-15-50-31;1-34(2,48-19-43)20-5-8-22(9-6-20)42-17-26-27(18-46-3)40(12-13-41(26)33(42)45)16-25-28(32(44)47-4)29(23-10-7-21(36)15-24(23)35)39-30(38-25)31-37-11-14-49-31/h2*6-12,15-16,26-27,29H,13-14,17-19H2,1-5H3,(H,39,40);5-11,14-15,19,26-27,29H,12-13,16-18H2,1-4H3,(H,38,39)/t26-,27-,29+;2*26-,27-,29-/m100/s1. The fraction of sp³-hybridized carbons (Fsp3) is 0.394. The number of rotatable bonds is 31. The Labute approximate surface area is 885 Å². The fourth-order valence-corrected chi connectivity index (χ4v) is 22.8. The number of thiazole rings is 3. The number of methoxy groups -OCH3 is 8. The van der Waals surface area contributed by atoms with Gasteiger partial charge in [0, 0.05) is 201 Å². The molecule has 9 aromatic rings. The van der Waals surface area contributed by atoms with Gasteiger partial charge in [0.05, 0.1) is 119 Å². The van der Waals surface area contributed by atoms with E-state index in [0.717, 1.165) is 22.4 Å². The van der Waals surface area contributed by atoms with Crippen molar-refractivity contribution in [1.82, 2.24) is 60.3 Å². The number of amides is 6. The predicted molar refractivity (Wildman–Crippen MR) is 556 cm³/mol. The van der Waals surface area contributed by atoms with Gasteiger partial charge in [0.15, 0.2) is 32.5 Å². The summed E-state index contributed by atoms with van der Waals surface area (Å²) in [6.45, 7) is 16.9. The van der Waals surface area contributed by atoms with Gasteiger partial charge >= 0.3 is 47.9 Å². The van der Waals surface area contributed by atoms with Crippen molar-refractivity contribution >= 4 is 158 Å². The van der Waals surface area contributed by atoms with Gasteiger partial charge in [-0.25, -0.2) is 56.9 Å². The smallest absolute Gasteiger partial charge is 0.338 e. The van der Waals surface area contributed by atoms with Gasteiger partial charge in [0.2, 0.25) is 0 Å². The zero-order valence-electron chi connectivity index (χ0n) is 84.0. The normalized spacial score (nSPS) is 21.2. The summed E-state index contributed by atoms with van der Waals surface area (Å²) in [6, 6.07) is 29.7. The van der Waals surface area contributed by atoms with Crippen molar-refractivity contribution in [2.75, 3.05) is 170 Å². The summed E-state index contributed by atoms with van der Waals surface area (Å²) in [5, 5.41) is 17.7. The van der Waals surface area contributed by atoms with Gasteiger partial charge in [-0.3, -0.25) is 58.8 Å². The number of urea groups is 3. The van der Waals surface area contributed by atoms with Crippen LogP contribution in [0, 0.1) is 17.5 Å². The van der Waals surface area contributed by atoms with Gasteiger partial charge < -0.3 is 73.3 Å². The van der Waals surface area contributed by atoms with Crippen LogP contribution in [0.5, 0.6) is 0 Å². The first-order chi connectivity index (χ1) is 71.5. The number of fused-ring (bicyclic) bond motifs is 3. The number of carbonyl (C=O) groups is 9. The summed E-state index contributed by atoms with van der Waals surface area (Å²) in [4.78, 5) is 163. The third kappa shape index (κ3) is 22.6. The first kappa shape index (κ1) is 109. The fourth-order valence-electron chi connectivity index (χ4n) is 20.2. The minimum atomic E-state index is -0.899. The maximum atomic E-state index is 14.1. The first-order valence-electron chi connectivity index (χ1n) is 47.6. The minimum absolute atomic E-state index is 0.114. The van der Waals surface area contributed by atoms with Gasteiger partial charge in [-0.15, -0.1) is 34.0 Å². The Bertz CT molecular complexity index is 6440. The summed E-state index contributed by atoms with van der Waals surface area (Å²) in [6.07, 6.45) is 4.98. The Morgan fingerprint density at radius 2 is 0.685 bits per heavy atom. The Hall–Kier alpha value is -13.1. The quantitative estimate of drug-likeness (QED) is 0.0206. The van der Waals surface area contributed by atoms with E-state index in [9.17, 15) is 56.3 Å². The van der Waals surface area contributed by atoms with E-state index in [1.165, 1.54) is 124 Å². The van der Waals surface area contributed by atoms with Crippen LogP contribution in [0.3, 0.4) is 0 Å². The van der Waals surface area contributed by atoms with Crippen molar-refractivity contribution in [2.45, 2.75) is 112 Å². The highest BCUT2D eigenvalue weighted by Crippen LogP contribution is 2.45. The van der Waals surface area contributed by atoms with E-state index >= 15 is 0 Å². The summed E-state index contributed by atoms with van der Waals surface area (Å²) >= 11 is 23.7. The lowest BCUT2D eigenvalue weighted by Gasteiger charge is -2.44. The number of esters is 5. The lowest BCUT2D eigenvalue weighted by molar-refractivity contribution is -0.147. The SMILES string of the molecule is COC[C@@H]1[C@H]2CN(c3ccc(C(C)(C)C(=O)OC)cc3)C(=O)N2CCN1CC1=C(C(=O)OC)[C@H](c2ccc(F)cc2Cl)N=C(c2nccs2)N1.COC[C@H]1[C@@H]2CN(c3ccc(C(C)(C)C(=O)OC)cc3)C(=O)N2CCN1CC1=C(C(=O)OC)[C@H](c2ccc(F)cc2Cl)N=C(c2nccs2)N1.COC[C@H]1[C@@H]2CN(c3ccc(C(C)(C)OC=O)cc3)C(=O)N2CCN1CC1=C(C(=O)OC)[C@H](c2ccc(F)cc2Cl)N=C(c2nccs2)N1. The van der Waals surface area contributed by atoms with Crippen LogP contribution in [-0.2, 0) is 87.8 Å². The highest BCUT2D eigenvalue weighted by atomic mass is 35.5. The van der Waals surface area contributed by atoms with Crippen molar-refractivity contribution in [3.63, 3.8) is 0 Å². The molecule has 786 valence electrons. The third-order valence-corrected chi connectivity index (χ3v) is 31.5. The number of nitrogens with one attached hydrogen (secondary N) is 3. The molecule has 9 aliphatic heterocycles. The molecule has 12 heterocycles. The highest BCUT2D eigenvalue weighted by Gasteiger charge is 2.53. The number of hydrogen-bond donors (Lipinski definition) is 3. The van der Waals surface area contributed by atoms with Crippen LogP contribution >= 0.6 is 68.8 Å². The molecule has 0 radical (unpaired) electrons. The molecule has 6 fully saturated rings. The molecule has 18 rings (SSSR count). The molecule has 45 heteroatoms. The number of hydrogen-bond acceptors (Lipinski definition) is 33. The molecular formula is C104H112Cl3F3N18O18S3. The molecule has 6 aromatic carbocycles. The maximum Gasteiger partial charge on any atom is 0.338 e. The summed E-state index contributed by atoms with van der Waals surface area (Å²) in [5.41, 5.74) is 5.61. The Morgan fingerprint density at radius 1 is 0.403 bits per heavy atom. The molecule has 9 atom stereocenters. The van der Waals surface area contributed by atoms with Gasteiger partial charge in [0.1, 0.15) is 41.2 Å². The Kier molecular flexibility index (Phi) is 33.9. The molecule has 36 nitrogen and oxygen atoms in total. The highest BCUT2D eigenvalue weighted by molar-refractivity contribution is 7.12. The van der Waals surface area contributed by atoms with Crippen LogP contribution in [0.2, 0.25) is 15.1 Å². The van der Waals surface area contributed by atoms with E-state index in [0.29, 0.717) is 163 Å². The van der Waals surface area contributed by atoms with E-state index in [4.69, 9.17) is 92.4 Å². The number of halogens is 6. The molecule has 3 N–H and O–H groups in total. The number of aliphatic imine (C=N–C) groups is 3. The number of ether oxygens (including phenoxy) is 9. The number of piperazine rings is 3. The van der Waals surface area contributed by atoms with Crippen molar-refractivity contribution in [3.8, 4) is 0 Å². The van der Waals surface area contributed by atoms with Gasteiger partial charge in [-0.1, -0.05) is 89.4 Å². The average molecular weight is 2160 g/mol. The monoisotopic (exact) mass is 2160 g/mol. The van der Waals surface area contributed by atoms with Crippen LogP contribution in [0.15, 0.2) is 211 Å². The van der Waals surface area contributed by atoms with Gasteiger partial charge in [-0.2, -0.15) is 0 Å². The van der Waals surface area contributed by atoms with E-state index in [-0.39, 0.29) is 118 Å². The lowest BCUT2D eigenvalue weighted by atomic mass is 9.84. The predicted octanol–water partition coefficient (Wildman–Crippen LogP) is 13.6. The van der Waals surface area contributed by atoms with E-state index in [1.54, 1.807) is 96.2 Å². The van der Waals surface area contributed by atoms with Crippen molar-refractivity contribution in [1.29, 1.82) is 0 Å². The number of benzene rings is 6. The molecule has 0 unspecified atom stereocenters. The second-order valence-electron chi connectivity index (χ2n) is 37.7. The summed E-state index contributed by atoms with van der Waals surface area (Å²) in [7, 11) is 11.5. The molecular weight excluding hydrogens is 2050 g/mol.